The number of carbonyl (C=O) groups is 1. The molecule has 0 unspecified atom stereocenters. The largest absolute Gasteiger partial charge is 0.481 e. The Morgan fingerprint density at radius 2 is 1.21 bits per heavy atom. The van der Waals surface area contributed by atoms with Crippen molar-refractivity contribution >= 4 is 13.8 Å². The molecule has 0 aliphatic carbocycles. The fraction of sp³-hybridized carbons (Fsp3) is 0.958. The molecule has 0 rings (SSSR count). The van der Waals surface area contributed by atoms with Crippen molar-refractivity contribution in [1.82, 2.24) is 0 Å². The first-order valence-electron chi connectivity index (χ1n) is 13.0. The fourth-order valence-corrected chi connectivity index (χ4v) is 3.93. The Labute approximate surface area is 201 Å². The number of ether oxygens (including phenoxy) is 2. The van der Waals surface area contributed by atoms with Crippen molar-refractivity contribution in [2.75, 3.05) is 26.4 Å². The highest BCUT2D eigenvalue weighted by Gasteiger charge is 2.19. The molecule has 0 saturated heterocycles. The van der Waals surface area contributed by atoms with Crippen molar-refractivity contribution in [3.05, 3.63) is 0 Å². The molecule has 0 radical (unpaired) electrons. The molecular formula is C24H49O8P. The SMILES string of the molecule is CCCCCCCCCCCCCCCCOC[C@H](COP(=O)(O)O)OCCCCC(=O)O. The van der Waals surface area contributed by atoms with Gasteiger partial charge in [0.25, 0.3) is 0 Å². The van der Waals surface area contributed by atoms with Crippen LogP contribution in [0.1, 0.15) is 116 Å². The summed E-state index contributed by atoms with van der Waals surface area (Å²) in [6.07, 6.45) is 18.6. The number of phosphoric acid groups is 1. The van der Waals surface area contributed by atoms with E-state index in [-0.39, 0.29) is 19.6 Å². The maximum Gasteiger partial charge on any atom is 0.469 e. The third-order valence-corrected chi connectivity index (χ3v) is 6.00. The van der Waals surface area contributed by atoms with E-state index in [1.807, 2.05) is 0 Å². The quantitative estimate of drug-likeness (QED) is 0.0951. The molecule has 0 spiro atoms. The van der Waals surface area contributed by atoms with Gasteiger partial charge in [0.2, 0.25) is 0 Å². The summed E-state index contributed by atoms with van der Waals surface area (Å²) < 4.78 is 26.6. The van der Waals surface area contributed by atoms with Crippen LogP contribution in [0, 0.1) is 0 Å². The molecule has 9 heteroatoms. The van der Waals surface area contributed by atoms with E-state index in [0.29, 0.717) is 26.1 Å². The Balaban J connectivity index is 3.63. The number of hydrogen-bond donors (Lipinski definition) is 3. The molecule has 8 nitrogen and oxygen atoms in total. The van der Waals surface area contributed by atoms with Crippen molar-refractivity contribution in [2.24, 2.45) is 0 Å². The molecule has 1 atom stereocenters. The second-order valence-corrected chi connectivity index (χ2v) is 10.0. The predicted octanol–water partition coefficient (Wildman–Crippen LogP) is 6.23. The maximum absolute atomic E-state index is 10.9. The second kappa shape index (κ2) is 23.3. The van der Waals surface area contributed by atoms with Crippen LogP contribution in [0.4, 0.5) is 0 Å². The van der Waals surface area contributed by atoms with Crippen LogP contribution < -0.4 is 0 Å². The van der Waals surface area contributed by atoms with E-state index in [0.717, 1.165) is 12.8 Å². The van der Waals surface area contributed by atoms with E-state index in [4.69, 9.17) is 24.4 Å². The van der Waals surface area contributed by atoms with Crippen LogP contribution in [0.3, 0.4) is 0 Å². The summed E-state index contributed by atoms with van der Waals surface area (Å²) >= 11 is 0. The van der Waals surface area contributed by atoms with Gasteiger partial charge >= 0.3 is 13.8 Å². The number of hydrogen-bond acceptors (Lipinski definition) is 5. The van der Waals surface area contributed by atoms with E-state index in [2.05, 4.69) is 11.4 Å². The summed E-state index contributed by atoms with van der Waals surface area (Å²) in [5.74, 6) is -0.854. The van der Waals surface area contributed by atoms with Gasteiger partial charge < -0.3 is 24.4 Å². The summed E-state index contributed by atoms with van der Waals surface area (Å²) in [5.41, 5.74) is 0. The fourth-order valence-electron chi connectivity index (χ4n) is 3.57. The molecule has 0 bridgehead atoms. The van der Waals surface area contributed by atoms with Crippen LogP contribution in [0.2, 0.25) is 0 Å². The predicted molar refractivity (Wildman–Crippen MR) is 130 cm³/mol. The summed E-state index contributed by atoms with van der Waals surface area (Å²) in [6, 6.07) is 0. The van der Waals surface area contributed by atoms with Gasteiger partial charge in [-0.15, -0.1) is 0 Å². The highest BCUT2D eigenvalue weighted by Crippen LogP contribution is 2.35. The van der Waals surface area contributed by atoms with Crippen LogP contribution in [0.25, 0.3) is 0 Å². The molecule has 0 aliphatic heterocycles. The monoisotopic (exact) mass is 496 g/mol. The Kier molecular flexibility index (Phi) is 22.9. The van der Waals surface area contributed by atoms with Crippen LogP contribution in [-0.2, 0) is 23.4 Å². The zero-order valence-corrected chi connectivity index (χ0v) is 21.7. The number of carboxylic acids is 1. The summed E-state index contributed by atoms with van der Waals surface area (Å²) in [5, 5.41) is 8.64. The maximum atomic E-state index is 10.9. The first-order chi connectivity index (χ1) is 15.8. The molecule has 0 fully saturated rings. The van der Waals surface area contributed by atoms with Gasteiger partial charge in [-0.25, -0.2) is 4.57 Å². The van der Waals surface area contributed by atoms with Crippen LogP contribution in [0.15, 0.2) is 0 Å². The third-order valence-electron chi connectivity index (χ3n) is 5.51. The van der Waals surface area contributed by atoms with E-state index >= 15 is 0 Å². The van der Waals surface area contributed by atoms with Gasteiger partial charge in [0, 0.05) is 19.6 Å². The summed E-state index contributed by atoms with van der Waals surface area (Å²) in [6.45, 7) is 3.06. The molecule has 0 aromatic heterocycles. The van der Waals surface area contributed by atoms with E-state index in [1.165, 1.54) is 77.0 Å². The number of carboxylic acid groups (broad SMARTS) is 1. The van der Waals surface area contributed by atoms with Gasteiger partial charge in [-0.3, -0.25) is 9.32 Å². The number of rotatable bonds is 26. The normalized spacial score (nSPS) is 12.8. The minimum absolute atomic E-state index is 0.0721. The Morgan fingerprint density at radius 1 is 0.727 bits per heavy atom. The molecule has 0 aliphatic rings. The van der Waals surface area contributed by atoms with Gasteiger partial charge in [-0.1, -0.05) is 90.4 Å². The van der Waals surface area contributed by atoms with Crippen LogP contribution >= 0.6 is 7.82 Å². The molecular weight excluding hydrogens is 447 g/mol. The van der Waals surface area contributed by atoms with E-state index in [9.17, 15) is 9.36 Å². The van der Waals surface area contributed by atoms with Gasteiger partial charge in [-0.2, -0.15) is 0 Å². The Hall–Kier alpha value is -0.500. The molecule has 0 aromatic rings. The number of phosphoric ester groups is 1. The molecule has 198 valence electrons. The van der Waals surface area contributed by atoms with Crippen molar-refractivity contribution in [2.45, 2.75) is 122 Å². The van der Waals surface area contributed by atoms with Gasteiger partial charge in [0.05, 0.1) is 13.2 Å². The van der Waals surface area contributed by atoms with Gasteiger partial charge in [0.15, 0.2) is 0 Å². The molecule has 33 heavy (non-hydrogen) atoms. The lowest BCUT2D eigenvalue weighted by molar-refractivity contribution is -0.137. The Bertz CT molecular complexity index is 483. The van der Waals surface area contributed by atoms with Crippen LogP contribution in [0.5, 0.6) is 0 Å². The highest BCUT2D eigenvalue weighted by atomic mass is 31.2. The first kappa shape index (κ1) is 32.5. The number of aliphatic carboxylic acids is 1. The van der Waals surface area contributed by atoms with Crippen LogP contribution in [-0.4, -0.2) is 53.4 Å². The van der Waals surface area contributed by atoms with Crippen molar-refractivity contribution in [3.63, 3.8) is 0 Å². The zero-order valence-electron chi connectivity index (χ0n) is 20.8. The topological polar surface area (TPSA) is 123 Å². The second-order valence-electron chi connectivity index (χ2n) is 8.80. The molecule has 0 amide bonds. The Morgan fingerprint density at radius 3 is 1.70 bits per heavy atom. The standard InChI is InChI=1S/C24H49O8P/c1-2-3-4-5-6-7-8-9-10-11-12-13-14-16-19-30-21-23(22-32-33(27,28)29)31-20-17-15-18-24(25)26/h23H,2-22H2,1H3,(H,25,26)(H2,27,28,29)/t23-/m1/s1. The minimum atomic E-state index is -4.57. The van der Waals surface area contributed by atoms with Crippen molar-refractivity contribution in [1.29, 1.82) is 0 Å². The highest BCUT2D eigenvalue weighted by molar-refractivity contribution is 7.46. The average Bonchev–Trinajstić information content (AvgIpc) is 2.75. The lowest BCUT2D eigenvalue weighted by Gasteiger charge is -2.18. The molecule has 0 saturated carbocycles. The number of unbranched alkanes of at least 4 members (excludes halogenated alkanes) is 14. The van der Waals surface area contributed by atoms with Crippen molar-refractivity contribution < 1.29 is 38.3 Å². The third kappa shape index (κ3) is 27.6. The molecule has 3 N–H and O–H groups in total. The van der Waals surface area contributed by atoms with Gasteiger partial charge in [-0.05, 0) is 19.3 Å². The van der Waals surface area contributed by atoms with Gasteiger partial charge in [0.1, 0.15) is 6.10 Å². The molecule has 0 aromatic carbocycles. The zero-order chi connectivity index (χ0) is 24.6. The van der Waals surface area contributed by atoms with E-state index in [1.54, 1.807) is 0 Å². The molecule has 0 heterocycles. The van der Waals surface area contributed by atoms with E-state index < -0.39 is 19.9 Å². The lowest BCUT2D eigenvalue weighted by atomic mass is 10.0. The lowest BCUT2D eigenvalue weighted by Crippen LogP contribution is -2.26. The summed E-state index contributed by atoms with van der Waals surface area (Å²) in [7, 11) is -4.57. The summed E-state index contributed by atoms with van der Waals surface area (Å²) in [4.78, 5) is 28.3. The first-order valence-corrected chi connectivity index (χ1v) is 14.5. The van der Waals surface area contributed by atoms with Crippen molar-refractivity contribution in [3.8, 4) is 0 Å². The average molecular weight is 497 g/mol. The minimum Gasteiger partial charge on any atom is -0.481 e. The smallest absolute Gasteiger partial charge is 0.469 e.